The molecule has 0 aromatic carbocycles. The quantitative estimate of drug-likeness (QED) is 0.672. The highest BCUT2D eigenvalue weighted by Gasteiger charge is 2.19. The molecule has 0 aromatic rings. The van der Waals surface area contributed by atoms with Gasteiger partial charge in [-0.1, -0.05) is 38.7 Å². The van der Waals surface area contributed by atoms with Gasteiger partial charge in [-0.05, 0) is 49.8 Å². The minimum absolute atomic E-state index is 1.16. The lowest BCUT2D eigenvalue weighted by Gasteiger charge is -2.26. The molecule has 1 fully saturated rings. The Bertz CT molecular complexity index is 352. The summed E-state index contributed by atoms with van der Waals surface area (Å²) in [5.74, 6) is 0. The van der Waals surface area contributed by atoms with Gasteiger partial charge in [-0.2, -0.15) is 0 Å². The molecule has 1 aliphatic carbocycles. The molecule has 1 aliphatic heterocycles. The highest BCUT2D eigenvalue weighted by atomic mass is 15.1. The summed E-state index contributed by atoms with van der Waals surface area (Å²) < 4.78 is 0. The largest absolute Gasteiger partial charge is 0.375 e. The van der Waals surface area contributed by atoms with Gasteiger partial charge in [-0.25, -0.2) is 0 Å². The smallest absolute Gasteiger partial charge is 0.0175 e. The van der Waals surface area contributed by atoms with Gasteiger partial charge in [0.15, 0.2) is 0 Å². The van der Waals surface area contributed by atoms with Crippen molar-refractivity contribution in [2.24, 2.45) is 0 Å². The fourth-order valence-electron chi connectivity index (χ4n) is 2.60. The maximum atomic E-state index is 3.79. The van der Waals surface area contributed by atoms with E-state index in [0.29, 0.717) is 0 Å². The predicted octanol–water partition coefficient (Wildman–Crippen LogP) is 4.84. The zero-order valence-electron chi connectivity index (χ0n) is 12.2. The molecular formula is C17H27N. The molecule has 1 heterocycles. The second kappa shape index (κ2) is 7.97. The molecule has 0 spiro atoms. The molecule has 0 N–H and O–H groups in total. The number of likely N-dealkylation sites (tertiary alicyclic amines) is 1. The number of hydrogen-bond donors (Lipinski definition) is 0. The first kappa shape index (κ1) is 14.8. The Hall–Kier alpha value is -1.24. The van der Waals surface area contributed by atoms with Crippen molar-refractivity contribution in [2.75, 3.05) is 13.1 Å². The number of hydrogen-bond acceptors (Lipinski definition) is 1. The summed E-state index contributed by atoms with van der Waals surface area (Å²) in [5, 5.41) is 0. The van der Waals surface area contributed by atoms with Crippen LogP contribution in [0.15, 0.2) is 47.7 Å². The summed E-state index contributed by atoms with van der Waals surface area (Å²) in [5.41, 5.74) is 4.35. The molecule has 2 aliphatic rings. The SMILES string of the molecule is C=C/C=C1/CCC(N2CCCC2)=C/C1=C/C.CC. The van der Waals surface area contributed by atoms with E-state index in [1.807, 2.05) is 19.9 Å². The number of rotatable bonds is 2. The molecule has 1 saturated heterocycles. The second-order valence-electron chi connectivity index (χ2n) is 4.50. The third kappa shape index (κ3) is 3.63. The average Bonchev–Trinajstić information content (AvgIpc) is 2.96. The van der Waals surface area contributed by atoms with Crippen molar-refractivity contribution in [3.8, 4) is 0 Å². The Morgan fingerprint density at radius 3 is 2.39 bits per heavy atom. The maximum absolute atomic E-state index is 3.79. The third-order valence-corrected chi connectivity index (χ3v) is 3.49. The summed E-state index contributed by atoms with van der Waals surface area (Å²) in [7, 11) is 0. The second-order valence-corrected chi connectivity index (χ2v) is 4.50. The van der Waals surface area contributed by atoms with E-state index in [2.05, 4.69) is 36.6 Å². The molecule has 0 bridgehead atoms. The lowest BCUT2D eigenvalue weighted by atomic mass is 9.92. The van der Waals surface area contributed by atoms with Crippen LogP contribution in [0.25, 0.3) is 0 Å². The lowest BCUT2D eigenvalue weighted by Crippen LogP contribution is -2.20. The van der Waals surface area contributed by atoms with Crippen LogP contribution in [0, 0.1) is 0 Å². The average molecular weight is 245 g/mol. The van der Waals surface area contributed by atoms with Gasteiger partial charge in [-0.3, -0.25) is 0 Å². The van der Waals surface area contributed by atoms with Gasteiger partial charge in [0.1, 0.15) is 0 Å². The summed E-state index contributed by atoms with van der Waals surface area (Å²) in [6, 6.07) is 0. The van der Waals surface area contributed by atoms with Crippen LogP contribution in [0.2, 0.25) is 0 Å². The van der Waals surface area contributed by atoms with Crippen molar-refractivity contribution < 1.29 is 0 Å². The van der Waals surface area contributed by atoms with Gasteiger partial charge in [0.2, 0.25) is 0 Å². The van der Waals surface area contributed by atoms with E-state index in [4.69, 9.17) is 0 Å². The highest BCUT2D eigenvalue weighted by molar-refractivity contribution is 5.45. The van der Waals surface area contributed by atoms with Gasteiger partial charge >= 0.3 is 0 Å². The minimum atomic E-state index is 1.16. The van der Waals surface area contributed by atoms with Crippen LogP contribution >= 0.6 is 0 Å². The van der Waals surface area contributed by atoms with Crippen LogP contribution in [-0.2, 0) is 0 Å². The van der Waals surface area contributed by atoms with Crippen molar-refractivity contribution in [1.29, 1.82) is 0 Å². The Balaban J connectivity index is 0.000000771. The lowest BCUT2D eigenvalue weighted by molar-refractivity contribution is 0.405. The Labute approximate surface area is 113 Å². The Morgan fingerprint density at radius 1 is 1.17 bits per heavy atom. The van der Waals surface area contributed by atoms with Crippen LogP contribution in [-0.4, -0.2) is 18.0 Å². The molecule has 0 saturated carbocycles. The van der Waals surface area contributed by atoms with Crippen molar-refractivity contribution in [3.05, 3.63) is 47.7 Å². The van der Waals surface area contributed by atoms with Crippen LogP contribution < -0.4 is 0 Å². The van der Waals surface area contributed by atoms with E-state index in [-0.39, 0.29) is 0 Å². The summed E-state index contributed by atoms with van der Waals surface area (Å²) in [4.78, 5) is 2.55. The molecule has 0 aromatic heterocycles. The molecule has 0 unspecified atom stereocenters. The van der Waals surface area contributed by atoms with Crippen LogP contribution in [0.4, 0.5) is 0 Å². The van der Waals surface area contributed by atoms with Crippen LogP contribution in [0.1, 0.15) is 46.5 Å². The number of nitrogens with zero attached hydrogens (tertiary/aromatic N) is 1. The maximum Gasteiger partial charge on any atom is 0.0175 e. The third-order valence-electron chi connectivity index (χ3n) is 3.49. The summed E-state index contributed by atoms with van der Waals surface area (Å²) in [6.07, 6.45) is 13.7. The molecule has 18 heavy (non-hydrogen) atoms. The number of allylic oxidation sites excluding steroid dienone is 7. The van der Waals surface area contributed by atoms with E-state index in [1.54, 1.807) is 0 Å². The first-order valence-corrected chi connectivity index (χ1v) is 7.29. The van der Waals surface area contributed by atoms with Crippen LogP contribution in [0.5, 0.6) is 0 Å². The summed E-state index contributed by atoms with van der Waals surface area (Å²) in [6.45, 7) is 12.4. The van der Waals surface area contributed by atoms with Gasteiger partial charge in [-0.15, -0.1) is 0 Å². The molecular weight excluding hydrogens is 218 g/mol. The van der Waals surface area contributed by atoms with Gasteiger partial charge in [0, 0.05) is 18.8 Å². The molecule has 1 nitrogen and oxygen atoms in total. The Kier molecular flexibility index (Phi) is 6.56. The predicted molar refractivity (Wildman–Crippen MR) is 81.5 cm³/mol. The molecule has 0 radical (unpaired) electrons. The van der Waals surface area contributed by atoms with Gasteiger partial charge < -0.3 is 4.90 Å². The van der Waals surface area contributed by atoms with Gasteiger partial charge in [0.25, 0.3) is 0 Å². The first-order valence-electron chi connectivity index (χ1n) is 7.29. The van der Waals surface area contributed by atoms with E-state index < -0.39 is 0 Å². The minimum Gasteiger partial charge on any atom is -0.375 e. The van der Waals surface area contributed by atoms with Crippen molar-refractivity contribution in [2.45, 2.75) is 46.5 Å². The fraction of sp³-hybridized carbons (Fsp3) is 0.529. The molecule has 0 atom stereocenters. The molecule has 100 valence electrons. The van der Waals surface area contributed by atoms with E-state index in [1.165, 1.54) is 49.2 Å². The van der Waals surface area contributed by atoms with Crippen molar-refractivity contribution in [1.82, 2.24) is 4.90 Å². The zero-order valence-corrected chi connectivity index (χ0v) is 12.2. The standard InChI is InChI=1S/C15H21N.C2H6/c1-3-7-14-8-9-15(12-13(14)4-2)16-10-5-6-11-16;1-2/h3-4,7,12H,1,5-6,8-11H2,2H3;1-2H3/b13-4-,14-7-;. The monoisotopic (exact) mass is 245 g/mol. The van der Waals surface area contributed by atoms with Gasteiger partial charge in [0.05, 0.1) is 0 Å². The normalized spacial score (nSPS) is 23.7. The molecule has 1 heteroatoms. The van der Waals surface area contributed by atoms with E-state index in [9.17, 15) is 0 Å². The first-order chi connectivity index (χ1) is 8.85. The van der Waals surface area contributed by atoms with Crippen LogP contribution in [0.3, 0.4) is 0 Å². The zero-order chi connectivity index (χ0) is 13.4. The highest BCUT2D eigenvalue weighted by Crippen LogP contribution is 2.31. The molecule has 2 rings (SSSR count). The topological polar surface area (TPSA) is 3.24 Å². The summed E-state index contributed by atoms with van der Waals surface area (Å²) >= 11 is 0. The molecule has 0 amide bonds. The van der Waals surface area contributed by atoms with Crippen molar-refractivity contribution in [3.63, 3.8) is 0 Å². The van der Waals surface area contributed by atoms with E-state index >= 15 is 0 Å². The van der Waals surface area contributed by atoms with Crippen molar-refractivity contribution >= 4 is 0 Å². The fourth-order valence-corrected chi connectivity index (χ4v) is 2.60. The Morgan fingerprint density at radius 2 is 1.83 bits per heavy atom. The van der Waals surface area contributed by atoms with E-state index in [0.717, 1.165) is 6.42 Å².